The Kier molecular flexibility index (Phi) is 4.56. The van der Waals surface area contributed by atoms with Gasteiger partial charge in [-0.2, -0.15) is 0 Å². The molecule has 0 unspecified atom stereocenters. The van der Waals surface area contributed by atoms with E-state index in [-0.39, 0.29) is 16.7 Å². The van der Waals surface area contributed by atoms with E-state index in [1.165, 1.54) is 6.07 Å². The topological polar surface area (TPSA) is 23.9 Å². The van der Waals surface area contributed by atoms with E-state index in [1.54, 1.807) is 19.9 Å². The molecule has 0 aromatic heterocycles. The Morgan fingerprint density at radius 3 is 2.37 bits per heavy atom. The molecule has 19 heavy (non-hydrogen) atoms. The summed E-state index contributed by atoms with van der Waals surface area (Å²) in [5, 5.41) is 7.32. The second-order valence-corrected chi connectivity index (χ2v) is 4.65. The molecule has 1 nitrogen and oxygen atoms in total. The largest absolute Gasteiger partial charge is 0.308 e. The smallest absolute Gasteiger partial charge is 0.271 e. The highest BCUT2D eigenvalue weighted by atomic mass is 19.3. The number of nitrogens with one attached hydrogen (secondary N) is 1. The van der Waals surface area contributed by atoms with Crippen molar-refractivity contribution >= 4 is 11.8 Å². The Labute approximate surface area is 111 Å². The molecule has 0 heterocycles. The second-order valence-electron chi connectivity index (χ2n) is 4.65. The first-order valence-corrected chi connectivity index (χ1v) is 6.13. The van der Waals surface area contributed by atoms with Crippen LogP contribution >= 0.6 is 0 Å². The lowest BCUT2D eigenvalue weighted by molar-refractivity contribution is 0.0162. The molecule has 0 bridgehead atoms. The standard InChI is InChI=1S/C15H18F3N/c1-5-6-11(8-19)13-12(16)7-9(2)10(3)14(13)15(4,17)18/h6-8,19H,5H2,1-4H3/b11-6+,19-8?. The van der Waals surface area contributed by atoms with Gasteiger partial charge in [0.05, 0.1) is 0 Å². The fourth-order valence-corrected chi connectivity index (χ4v) is 2.16. The average molecular weight is 269 g/mol. The van der Waals surface area contributed by atoms with Crippen molar-refractivity contribution in [1.82, 2.24) is 0 Å². The maximum Gasteiger partial charge on any atom is 0.271 e. The number of halogens is 3. The lowest BCUT2D eigenvalue weighted by Crippen LogP contribution is -2.16. The van der Waals surface area contributed by atoms with E-state index in [2.05, 4.69) is 0 Å². The van der Waals surface area contributed by atoms with Crippen molar-refractivity contribution in [3.8, 4) is 0 Å². The molecule has 0 amide bonds. The van der Waals surface area contributed by atoms with Crippen LogP contribution in [0, 0.1) is 25.1 Å². The quantitative estimate of drug-likeness (QED) is 0.744. The van der Waals surface area contributed by atoms with Crippen LogP contribution in [0.4, 0.5) is 13.2 Å². The molecule has 0 aliphatic rings. The lowest BCUT2D eigenvalue weighted by Gasteiger charge is -2.21. The zero-order chi connectivity index (χ0) is 14.8. The van der Waals surface area contributed by atoms with Gasteiger partial charge in [-0.15, -0.1) is 0 Å². The van der Waals surface area contributed by atoms with Crippen molar-refractivity contribution in [3.63, 3.8) is 0 Å². The van der Waals surface area contributed by atoms with E-state index in [1.807, 2.05) is 6.92 Å². The van der Waals surface area contributed by atoms with Crippen LogP contribution in [0.1, 0.15) is 42.5 Å². The van der Waals surface area contributed by atoms with Gasteiger partial charge in [0.2, 0.25) is 0 Å². The van der Waals surface area contributed by atoms with Gasteiger partial charge in [-0.1, -0.05) is 13.0 Å². The zero-order valence-corrected chi connectivity index (χ0v) is 11.6. The summed E-state index contributed by atoms with van der Waals surface area (Å²) in [5.74, 6) is -3.86. The van der Waals surface area contributed by atoms with Crippen LogP contribution in [0.25, 0.3) is 5.57 Å². The molecule has 1 aromatic carbocycles. The first-order valence-electron chi connectivity index (χ1n) is 6.13. The molecule has 1 aromatic rings. The van der Waals surface area contributed by atoms with E-state index < -0.39 is 11.7 Å². The molecular formula is C15H18F3N. The molecule has 1 N–H and O–H groups in total. The summed E-state index contributed by atoms with van der Waals surface area (Å²) in [6.07, 6.45) is 3.05. The SMILES string of the molecule is CC/C=C(\C=N)c1c(F)cc(C)c(C)c1C(C)(F)F. The van der Waals surface area contributed by atoms with Crippen LogP contribution in [0.3, 0.4) is 0 Å². The Morgan fingerprint density at radius 2 is 1.95 bits per heavy atom. The highest BCUT2D eigenvalue weighted by Crippen LogP contribution is 2.38. The van der Waals surface area contributed by atoms with Gasteiger partial charge < -0.3 is 5.41 Å². The van der Waals surface area contributed by atoms with Crippen LogP contribution in [0.5, 0.6) is 0 Å². The number of hydrogen-bond acceptors (Lipinski definition) is 1. The Morgan fingerprint density at radius 1 is 1.37 bits per heavy atom. The van der Waals surface area contributed by atoms with Crippen LogP contribution in [-0.4, -0.2) is 6.21 Å². The van der Waals surface area contributed by atoms with Crippen LogP contribution in [-0.2, 0) is 5.92 Å². The number of aryl methyl sites for hydroxylation is 1. The normalized spacial score (nSPS) is 12.7. The van der Waals surface area contributed by atoms with Gasteiger partial charge in [0.1, 0.15) is 5.82 Å². The molecule has 1 rings (SSSR count). The number of alkyl halides is 2. The summed E-state index contributed by atoms with van der Waals surface area (Å²) < 4.78 is 41.7. The predicted octanol–water partition coefficient (Wildman–Crippen LogP) is 5.00. The van der Waals surface area contributed by atoms with Crippen molar-refractivity contribution in [2.75, 3.05) is 0 Å². The van der Waals surface area contributed by atoms with Crippen molar-refractivity contribution in [2.45, 2.75) is 40.0 Å². The molecule has 0 atom stereocenters. The highest BCUT2D eigenvalue weighted by molar-refractivity contribution is 6.09. The van der Waals surface area contributed by atoms with E-state index in [0.717, 1.165) is 13.1 Å². The number of benzene rings is 1. The van der Waals surface area contributed by atoms with E-state index in [0.29, 0.717) is 17.5 Å². The summed E-state index contributed by atoms with van der Waals surface area (Å²) in [6, 6.07) is 1.24. The van der Waals surface area contributed by atoms with Gasteiger partial charge in [0, 0.05) is 24.3 Å². The van der Waals surface area contributed by atoms with Crippen LogP contribution in [0.2, 0.25) is 0 Å². The molecule has 0 aliphatic carbocycles. The Bertz CT molecular complexity index is 525. The van der Waals surface area contributed by atoms with Crippen molar-refractivity contribution < 1.29 is 13.2 Å². The minimum absolute atomic E-state index is 0.160. The lowest BCUT2D eigenvalue weighted by atomic mass is 9.89. The maximum atomic E-state index is 14.1. The Balaban J connectivity index is 3.77. The zero-order valence-electron chi connectivity index (χ0n) is 11.6. The van der Waals surface area contributed by atoms with E-state index in [9.17, 15) is 13.2 Å². The molecular weight excluding hydrogens is 251 g/mol. The molecule has 0 spiro atoms. The molecule has 0 fully saturated rings. The molecule has 0 saturated heterocycles. The molecule has 0 radical (unpaired) electrons. The summed E-state index contributed by atoms with van der Waals surface area (Å²) in [4.78, 5) is 0. The fraction of sp³-hybridized carbons (Fsp3) is 0.400. The first kappa shape index (κ1) is 15.5. The van der Waals surface area contributed by atoms with E-state index in [4.69, 9.17) is 5.41 Å². The third-order valence-electron chi connectivity index (χ3n) is 3.11. The first-order chi connectivity index (χ1) is 8.73. The number of hydrogen-bond donors (Lipinski definition) is 1. The fourth-order valence-electron chi connectivity index (χ4n) is 2.16. The van der Waals surface area contributed by atoms with Gasteiger partial charge in [0.15, 0.2) is 0 Å². The predicted molar refractivity (Wildman–Crippen MR) is 72.5 cm³/mol. The number of rotatable bonds is 4. The third kappa shape index (κ3) is 3.06. The molecule has 0 aliphatic heterocycles. The highest BCUT2D eigenvalue weighted by Gasteiger charge is 2.33. The van der Waals surface area contributed by atoms with Crippen molar-refractivity contribution in [3.05, 3.63) is 40.2 Å². The summed E-state index contributed by atoms with van der Waals surface area (Å²) >= 11 is 0. The third-order valence-corrected chi connectivity index (χ3v) is 3.11. The summed E-state index contributed by atoms with van der Waals surface area (Å²) in [5.41, 5.74) is 0.562. The van der Waals surface area contributed by atoms with Gasteiger partial charge in [-0.3, -0.25) is 0 Å². The van der Waals surface area contributed by atoms with Gasteiger partial charge in [-0.25, -0.2) is 13.2 Å². The second kappa shape index (κ2) is 5.59. The average Bonchev–Trinajstić information content (AvgIpc) is 2.29. The van der Waals surface area contributed by atoms with Crippen LogP contribution in [0.15, 0.2) is 12.1 Å². The van der Waals surface area contributed by atoms with Gasteiger partial charge in [-0.05, 0) is 43.0 Å². The number of allylic oxidation sites excluding steroid dienone is 2. The minimum Gasteiger partial charge on any atom is -0.308 e. The molecule has 4 heteroatoms. The monoisotopic (exact) mass is 269 g/mol. The summed E-state index contributed by atoms with van der Waals surface area (Å²) in [6.45, 7) is 5.72. The minimum atomic E-state index is -3.15. The van der Waals surface area contributed by atoms with Gasteiger partial charge >= 0.3 is 0 Å². The maximum absolute atomic E-state index is 14.1. The van der Waals surface area contributed by atoms with Crippen molar-refractivity contribution in [2.24, 2.45) is 0 Å². The van der Waals surface area contributed by atoms with E-state index >= 15 is 0 Å². The molecule has 104 valence electrons. The van der Waals surface area contributed by atoms with Crippen molar-refractivity contribution in [1.29, 1.82) is 5.41 Å². The summed E-state index contributed by atoms with van der Waals surface area (Å²) in [7, 11) is 0. The van der Waals surface area contributed by atoms with Gasteiger partial charge in [0.25, 0.3) is 5.92 Å². The molecule has 0 saturated carbocycles. The Hall–Kier alpha value is -1.58. The van der Waals surface area contributed by atoms with Crippen LogP contribution < -0.4 is 0 Å².